The zero-order valence-electron chi connectivity index (χ0n) is 13.8. The molecular formula is C18H21ClN3O2+. The molecule has 0 spiro atoms. The third-order valence-corrected chi connectivity index (χ3v) is 4.37. The van der Waals surface area contributed by atoms with Gasteiger partial charge in [-0.25, -0.2) is 0 Å². The van der Waals surface area contributed by atoms with Crippen molar-refractivity contribution in [3.63, 3.8) is 0 Å². The lowest BCUT2D eigenvalue weighted by Crippen LogP contribution is -2.34. The van der Waals surface area contributed by atoms with Crippen molar-refractivity contribution in [3.05, 3.63) is 64.8 Å². The second-order valence-electron chi connectivity index (χ2n) is 5.69. The van der Waals surface area contributed by atoms with Crippen LogP contribution in [-0.2, 0) is 13.1 Å². The molecule has 6 heteroatoms. The lowest BCUT2D eigenvalue weighted by atomic mass is 10.2. The molecule has 2 aromatic rings. The van der Waals surface area contributed by atoms with Crippen LogP contribution in [0.4, 0.5) is 0 Å². The Bertz CT molecular complexity index is 756. The molecule has 24 heavy (non-hydrogen) atoms. The summed E-state index contributed by atoms with van der Waals surface area (Å²) in [6.07, 6.45) is 5.68. The predicted molar refractivity (Wildman–Crippen MR) is 94.6 cm³/mol. The van der Waals surface area contributed by atoms with E-state index in [1.807, 2.05) is 36.5 Å². The summed E-state index contributed by atoms with van der Waals surface area (Å²) in [5, 5.41) is 8.66. The fourth-order valence-electron chi connectivity index (χ4n) is 2.66. The van der Waals surface area contributed by atoms with Gasteiger partial charge in [0, 0.05) is 6.54 Å². The maximum atomic E-state index is 6.16. The number of allylic oxidation sites excluding steroid dienone is 1. The third-order valence-electron chi connectivity index (χ3n) is 4.08. The van der Waals surface area contributed by atoms with Gasteiger partial charge < -0.3 is 14.5 Å². The number of methoxy groups -OCH3 is 1. The molecule has 1 unspecified atom stereocenters. The minimum absolute atomic E-state index is 0.499. The fourth-order valence-corrected chi connectivity index (χ4v) is 2.94. The molecule has 1 aliphatic heterocycles. The van der Waals surface area contributed by atoms with Crippen molar-refractivity contribution in [3.8, 4) is 5.75 Å². The zero-order chi connectivity index (χ0) is 17.0. The van der Waals surface area contributed by atoms with Crippen LogP contribution >= 0.6 is 11.6 Å². The van der Waals surface area contributed by atoms with E-state index in [1.165, 1.54) is 0 Å². The molecule has 0 amide bonds. The Balaban J connectivity index is 1.65. The topological polar surface area (TPSA) is 46.8 Å². The van der Waals surface area contributed by atoms with Crippen LogP contribution in [0.1, 0.15) is 18.2 Å². The van der Waals surface area contributed by atoms with Gasteiger partial charge in [0.2, 0.25) is 0 Å². The van der Waals surface area contributed by atoms with Gasteiger partial charge in [0.1, 0.15) is 30.4 Å². The number of hydrogen-bond donors (Lipinski definition) is 1. The first-order valence-electron chi connectivity index (χ1n) is 7.88. The maximum Gasteiger partial charge on any atom is 0.166 e. The normalized spacial score (nSPS) is 19.4. The van der Waals surface area contributed by atoms with E-state index in [0.717, 1.165) is 23.6 Å². The minimum atomic E-state index is 0.499. The van der Waals surface area contributed by atoms with E-state index >= 15 is 0 Å². The van der Waals surface area contributed by atoms with E-state index in [1.54, 1.807) is 13.4 Å². The predicted octanol–water partition coefficient (Wildman–Crippen LogP) is 3.91. The largest absolute Gasteiger partial charge is 0.495 e. The molecule has 0 saturated carbocycles. The standard InChI is InChI=1S/C18H21ClN3O2/c1-3-22(13-16-5-4-8-24-16)12-15(11-21-22)20-10-14-6-7-18(23-2)17(19)9-14/h4-9,11-12,20H,3,10,13H2,1-2H3/q+1. The van der Waals surface area contributed by atoms with Gasteiger partial charge in [0.25, 0.3) is 0 Å². The monoisotopic (exact) mass is 346 g/mol. The number of nitrogens with zero attached hydrogens (tertiary/aromatic N) is 2. The Labute approximate surface area is 146 Å². The van der Waals surface area contributed by atoms with Crippen molar-refractivity contribution in [2.45, 2.75) is 20.0 Å². The summed E-state index contributed by atoms with van der Waals surface area (Å²) in [6, 6.07) is 9.65. The second kappa shape index (κ2) is 7.11. The number of benzene rings is 1. The third kappa shape index (κ3) is 3.63. The molecule has 126 valence electrons. The Hall–Kier alpha value is -2.24. The molecule has 0 radical (unpaired) electrons. The van der Waals surface area contributed by atoms with Crippen LogP contribution in [0.15, 0.2) is 58.0 Å². The number of halogens is 1. The lowest BCUT2D eigenvalue weighted by Gasteiger charge is -2.22. The maximum absolute atomic E-state index is 6.16. The molecule has 2 heterocycles. The average molecular weight is 347 g/mol. The van der Waals surface area contributed by atoms with Gasteiger partial charge in [-0.2, -0.15) is 4.59 Å². The van der Waals surface area contributed by atoms with E-state index < -0.39 is 0 Å². The highest BCUT2D eigenvalue weighted by Gasteiger charge is 2.30. The molecule has 0 aliphatic carbocycles. The molecule has 1 N–H and O–H groups in total. The first-order chi connectivity index (χ1) is 11.6. The highest BCUT2D eigenvalue weighted by molar-refractivity contribution is 6.32. The quantitative estimate of drug-likeness (QED) is 0.773. The van der Waals surface area contributed by atoms with Gasteiger partial charge >= 0.3 is 0 Å². The molecular weight excluding hydrogens is 326 g/mol. The van der Waals surface area contributed by atoms with Crippen LogP contribution in [0.25, 0.3) is 0 Å². The molecule has 0 bridgehead atoms. The molecule has 1 atom stereocenters. The smallest absolute Gasteiger partial charge is 0.166 e. The van der Waals surface area contributed by atoms with Crippen molar-refractivity contribution in [2.75, 3.05) is 13.7 Å². The Kier molecular flexibility index (Phi) is 4.92. The van der Waals surface area contributed by atoms with Crippen molar-refractivity contribution in [1.82, 2.24) is 5.32 Å². The van der Waals surface area contributed by atoms with Crippen molar-refractivity contribution >= 4 is 17.8 Å². The molecule has 1 aliphatic rings. The molecule has 1 aromatic heterocycles. The first-order valence-corrected chi connectivity index (χ1v) is 8.26. The van der Waals surface area contributed by atoms with Crippen molar-refractivity contribution < 1.29 is 13.7 Å². The van der Waals surface area contributed by atoms with Gasteiger partial charge in [-0.3, -0.25) is 0 Å². The summed E-state index contributed by atoms with van der Waals surface area (Å²) in [4.78, 5) is 0. The number of furan rings is 1. The van der Waals surface area contributed by atoms with Crippen LogP contribution in [0, 0.1) is 0 Å². The van der Waals surface area contributed by atoms with Crippen LogP contribution in [0.5, 0.6) is 5.75 Å². The number of nitrogens with one attached hydrogen (secondary N) is 1. The van der Waals surface area contributed by atoms with Gasteiger partial charge in [-0.1, -0.05) is 22.8 Å². The molecule has 1 aromatic carbocycles. The van der Waals surface area contributed by atoms with Crippen LogP contribution in [0.3, 0.4) is 0 Å². The number of ether oxygens (including phenoxy) is 1. The number of hydrogen-bond acceptors (Lipinski definition) is 4. The second-order valence-corrected chi connectivity index (χ2v) is 6.10. The van der Waals surface area contributed by atoms with Crippen molar-refractivity contribution in [2.24, 2.45) is 5.10 Å². The van der Waals surface area contributed by atoms with Crippen LogP contribution in [0.2, 0.25) is 5.02 Å². The number of rotatable bonds is 7. The van der Waals surface area contributed by atoms with Crippen LogP contribution in [-0.4, -0.2) is 24.5 Å². The summed E-state index contributed by atoms with van der Waals surface area (Å²) in [5.41, 5.74) is 2.08. The Morgan fingerprint density at radius 3 is 2.88 bits per heavy atom. The van der Waals surface area contributed by atoms with Gasteiger partial charge in [-0.05, 0) is 36.8 Å². The lowest BCUT2D eigenvalue weighted by molar-refractivity contribution is -0.896. The molecule has 3 rings (SSSR count). The van der Waals surface area contributed by atoms with Gasteiger partial charge in [-0.15, -0.1) is 0 Å². The van der Waals surface area contributed by atoms with Gasteiger partial charge in [0.15, 0.2) is 12.3 Å². The van der Waals surface area contributed by atoms with E-state index in [4.69, 9.17) is 20.8 Å². The molecule has 0 saturated heterocycles. The van der Waals surface area contributed by atoms with E-state index in [9.17, 15) is 0 Å². The molecule has 5 nitrogen and oxygen atoms in total. The Morgan fingerprint density at radius 1 is 1.33 bits per heavy atom. The highest BCUT2D eigenvalue weighted by atomic mass is 35.5. The minimum Gasteiger partial charge on any atom is -0.495 e. The van der Waals surface area contributed by atoms with E-state index in [-0.39, 0.29) is 0 Å². The number of quaternary nitrogens is 1. The summed E-state index contributed by atoms with van der Waals surface area (Å²) in [5.74, 6) is 1.61. The van der Waals surface area contributed by atoms with E-state index in [2.05, 4.69) is 23.5 Å². The van der Waals surface area contributed by atoms with E-state index in [0.29, 0.717) is 28.5 Å². The Morgan fingerprint density at radius 2 is 2.21 bits per heavy atom. The van der Waals surface area contributed by atoms with Crippen molar-refractivity contribution in [1.29, 1.82) is 0 Å². The SMILES string of the molecule is CC[N+]1(Cc2ccco2)C=C(NCc2ccc(OC)c(Cl)c2)C=N1. The summed E-state index contributed by atoms with van der Waals surface area (Å²) in [6.45, 7) is 4.35. The molecule has 0 fully saturated rings. The first kappa shape index (κ1) is 16.6. The average Bonchev–Trinajstić information content (AvgIpc) is 3.24. The van der Waals surface area contributed by atoms with Gasteiger partial charge in [0.05, 0.1) is 18.4 Å². The fraction of sp³-hybridized carbons (Fsp3) is 0.278. The highest BCUT2D eigenvalue weighted by Crippen LogP contribution is 2.25. The zero-order valence-corrected chi connectivity index (χ0v) is 14.6. The summed E-state index contributed by atoms with van der Waals surface area (Å²) >= 11 is 6.16. The van der Waals surface area contributed by atoms with Crippen LogP contribution < -0.4 is 10.1 Å². The summed E-state index contributed by atoms with van der Waals surface area (Å²) < 4.78 is 11.1. The summed E-state index contributed by atoms with van der Waals surface area (Å²) in [7, 11) is 1.61.